The highest BCUT2D eigenvalue weighted by Crippen LogP contribution is 2.30. The van der Waals surface area contributed by atoms with Crippen molar-refractivity contribution < 1.29 is 9.13 Å². The molecular weight excluding hydrogens is 171 g/mol. The topological polar surface area (TPSA) is 47.3 Å². The average molecular weight is 182 g/mol. The van der Waals surface area contributed by atoms with Crippen molar-refractivity contribution in [3.63, 3.8) is 0 Å². The van der Waals surface area contributed by atoms with E-state index in [-0.39, 0.29) is 11.9 Å². The molecule has 0 saturated carbocycles. The van der Waals surface area contributed by atoms with Crippen LogP contribution in [-0.2, 0) is 0 Å². The number of halogens is 1. The summed E-state index contributed by atoms with van der Waals surface area (Å²) in [7, 11) is 0. The normalized spacial score (nSPS) is 20.0. The highest BCUT2D eigenvalue weighted by molar-refractivity contribution is 5.59. The number of anilines is 1. The van der Waals surface area contributed by atoms with Crippen LogP contribution in [0.5, 0.6) is 5.75 Å². The van der Waals surface area contributed by atoms with E-state index >= 15 is 0 Å². The molecular formula is C9H11FN2O. The maximum atomic E-state index is 13.2. The lowest BCUT2D eigenvalue weighted by molar-refractivity contribution is 0.284. The Morgan fingerprint density at radius 3 is 3.23 bits per heavy atom. The number of fused-ring (bicyclic) bond motifs is 1. The minimum absolute atomic E-state index is 0.00407. The molecule has 0 spiro atoms. The van der Waals surface area contributed by atoms with E-state index in [1.54, 1.807) is 12.1 Å². The fourth-order valence-corrected chi connectivity index (χ4v) is 1.33. The first kappa shape index (κ1) is 8.31. The predicted octanol–water partition coefficient (Wildman–Crippen LogP) is 0.957. The summed E-state index contributed by atoms with van der Waals surface area (Å²) in [6, 6.07) is 4.76. The molecule has 0 bridgehead atoms. The van der Waals surface area contributed by atoms with Crippen LogP contribution in [0.1, 0.15) is 0 Å². The van der Waals surface area contributed by atoms with Gasteiger partial charge in [0, 0.05) is 6.54 Å². The lowest BCUT2D eigenvalue weighted by atomic mass is 10.2. The van der Waals surface area contributed by atoms with Crippen LogP contribution in [-0.4, -0.2) is 19.2 Å². The molecule has 0 saturated heterocycles. The van der Waals surface area contributed by atoms with Crippen LogP contribution in [0.15, 0.2) is 18.2 Å². The van der Waals surface area contributed by atoms with Crippen LogP contribution >= 0.6 is 0 Å². The fraction of sp³-hybridized carbons (Fsp3) is 0.333. The summed E-state index contributed by atoms with van der Waals surface area (Å²) in [6.07, 6.45) is 0. The van der Waals surface area contributed by atoms with Crippen molar-refractivity contribution in [1.82, 2.24) is 0 Å². The SMILES string of the molecule is NCC1COc2cccc(F)c2N1. The zero-order chi connectivity index (χ0) is 9.26. The van der Waals surface area contributed by atoms with Crippen molar-refractivity contribution in [2.75, 3.05) is 18.5 Å². The highest BCUT2D eigenvalue weighted by Gasteiger charge is 2.19. The minimum atomic E-state index is -0.296. The van der Waals surface area contributed by atoms with Crippen molar-refractivity contribution in [3.05, 3.63) is 24.0 Å². The highest BCUT2D eigenvalue weighted by atomic mass is 19.1. The predicted molar refractivity (Wildman–Crippen MR) is 48.4 cm³/mol. The molecule has 2 rings (SSSR count). The molecule has 70 valence electrons. The molecule has 1 unspecified atom stereocenters. The Hall–Kier alpha value is -1.29. The van der Waals surface area contributed by atoms with E-state index < -0.39 is 0 Å². The van der Waals surface area contributed by atoms with E-state index in [1.165, 1.54) is 6.07 Å². The number of benzene rings is 1. The second-order valence-corrected chi connectivity index (χ2v) is 3.00. The molecule has 1 atom stereocenters. The van der Waals surface area contributed by atoms with Gasteiger partial charge in [-0.05, 0) is 12.1 Å². The summed E-state index contributed by atoms with van der Waals surface area (Å²) < 4.78 is 18.5. The Bertz CT molecular complexity index is 316. The van der Waals surface area contributed by atoms with Crippen LogP contribution in [0, 0.1) is 5.82 Å². The van der Waals surface area contributed by atoms with Crippen molar-refractivity contribution in [2.24, 2.45) is 5.73 Å². The summed E-state index contributed by atoms with van der Waals surface area (Å²) in [5.74, 6) is 0.264. The fourth-order valence-electron chi connectivity index (χ4n) is 1.33. The Kier molecular flexibility index (Phi) is 2.06. The second kappa shape index (κ2) is 3.22. The Balaban J connectivity index is 2.32. The van der Waals surface area contributed by atoms with Gasteiger partial charge in [-0.2, -0.15) is 0 Å². The number of para-hydroxylation sites is 1. The monoisotopic (exact) mass is 182 g/mol. The zero-order valence-corrected chi connectivity index (χ0v) is 7.09. The Morgan fingerprint density at radius 2 is 2.46 bits per heavy atom. The summed E-state index contributed by atoms with van der Waals surface area (Å²) >= 11 is 0. The van der Waals surface area contributed by atoms with E-state index in [2.05, 4.69) is 5.32 Å². The van der Waals surface area contributed by atoms with Crippen LogP contribution in [0.2, 0.25) is 0 Å². The summed E-state index contributed by atoms with van der Waals surface area (Å²) in [5.41, 5.74) is 5.87. The van der Waals surface area contributed by atoms with E-state index in [0.717, 1.165) is 0 Å². The van der Waals surface area contributed by atoms with Gasteiger partial charge in [-0.3, -0.25) is 0 Å². The number of ether oxygens (including phenoxy) is 1. The molecule has 0 radical (unpaired) electrons. The molecule has 4 heteroatoms. The van der Waals surface area contributed by atoms with Crippen molar-refractivity contribution in [1.29, 1.82) is 0 Å². The zero-order valence-electron chi connectivity index (χ0n) is 7.09. The molecule has 0 aromatic heterocycles. The van der Waals surface area contributed by atoms with Crippen molar-refractivity contribution in [3.8, 4) is 5.75 Å². The first-order valence-electron chi connectivity index (χ1n) is 4.19. The smallest absolute Gasteiger partial charge is 0.150 e. The van der Waals surface area contributed by atoms with Crippen LogP contribution < -0.4 is 15.8 Å². The average Bonchev–Trinajstić information content (AvgIpc) is 2.18. The van der Waals surface area contributed by atoms with E-state index in [1.807, 2.05) is 0 Å². The molecule has 0 fully saturated rings. The van der Waals surface area contributed by atoms with Gasteiger partial charge in [0.15, 0.2) is 0 Å². The van der Waals surface area contributed by atoms with Crippen LogP contribution in [0.3, 0.4) is 0 Å². The molecule has 3 nitrogen and oxygen atoms in total. The number of hydrogen-bond acceptors (Lipinski definition) is 3. The molecule has 1 heterocycles. The molecule has 1 aromatic rings. The first-order valence-corrected chi connectivity index (χ1v) is 4.19. The van der Waals surface area contributed by atoms with E-state index in [4.69, 9.17) is 10.5 Å². The van der Waals surface area contributed by atoms with Gasteiger partial charge in [-0.1, -0.05) is 6.07 Å². The molecule has 3 N–H and O–H groups in total. The van der Waals surface area contributed by atoms with Gasteiger partial charge in [0.1, 0.15) is 23.9 Å². The van der Waals surface area contributed by atoms with E-state index in [9.17, 15) is 4.39 Å². The Morgan fingerprint density at radius 1 is 1.62 bits per heavy atom. The molecule has 1 aliphatic heterocycles. The molecule has 0 amide bonds. The lowest BCUT2D eigenvalue weighted by Gasteiger charge is -2.26. The van der Waals surface area contributed by atoms with Crippen LogP contribution in [0.4, 0.5) is 10.1 Å². The molecule has 1 aromatic carbocycles. The number of nitrogens with one attached hydrogen (secondary N) is 1. The van der Waals surface area contributed by atoms with Gasteiger partial charge in [0.25, 0.3) is 0 Å². The number of hydrogen-bond donors (Lipinski definition) is 2. The van der Waals surface area contributed by atoms with Gasteiger partial charge in [-0.25, -0.2) is 4.39 Å². The summed E-state index contributed by atoms with van der Waals surface area (Å²) in [5, 5.41) is 2.99. The van der Waals surface area contributed by atoms with Gasteiger partial charge in [-0.15, -0.1) is 0 Å². The number of rotatable bonds is 1. The van der Waals surface area contributed by atoms with Gasteiger partial charge < -0.3 is 15.8 Å². The second-order valence-electron chi connectivity index (χ2n) is 3.00. The standard InChI is InChI=1S/C9H11FN2O/c10-7-2-1-3-8-9(7)12-6(4-11)5-13-8/h1-3,6,12H,4-5,11H2. The van der Waals surface area contributed by atoms with Gasteiger partial charge in [0.05, 0.1) is 6.04 Å². The van der Waals surface area contributed by atoms with E-state index in [0.29, 0.717) is 24.6 Å². The summed E-state index contributed by atoms with van der Waals surface area (Å²) in [6.45, 7) is 0.931. The molecule has 1 aliphatic rings. The van der Waals surface area contributed by atoms with Gasteiger partial charge in [0.2, 0.25) is 0 Å². The third kappa shape index (κ3) is 1.45. The third-order valence-electron chi connectivity index (χ3n) is 2.05. The Labute approximate surface area is 75.7 Å². The van der Waals surface area contributed by atoms with Crippen molar-refractivity contribution in [2.45, 2.75) is 6.04 Å². The van der Waals surface area contributed by atoms with Crippen molar-refractivity contribution >= 4 is 5.69 Å². The van der Waals surface area contributed by atoms with Crippen LogP contribution in [0.25, 0.3) is 0 Å². The molecule has 13 heavy (non-hydrogen) atoms. The molecule has 0 aliphatic carbocycles. The third-order valence-corrected chi connectivity index (χ3v) is 2.05. The minimum Gasteiger partial charge on any atom is -0.489 e. The largest absolute Gasteiger partial charge is 0.489 e. The lowest BCUT2D eigenvalue weighted by Crippen LogP contribution is -2.38. The number of nitrogens with two attached hydrogens (primary N) is 1. The summed E-state index contributed by atoms with van der Waals surface area (Å²) in [4.78, 5) is 0. The maximum Gasteiger partial charge on any atom is 0.150 e. The van der Waals surface area contributed by atoms with Gasteiger partial charge >= 0.3 is 0 Å². The maximum absolute atomic E-state index is 13.2. The quantitative estimate of drug-likeness (QED) is 0.680. The first-order chi connectivity index (χ1) is 6.31.